The molecule has 1 rings (SSSR count). The van der Waals surface area contributed by atoms with Crippen molar-refractivity contribution in [1.29, 1.82) is 0 Å². The fourth-order valence-corrected chi connectivity index (χ4v) is 1.48. The van der Waals surface area contributed by atoms with Gasteiger partial charge in [-0.2, -0.15) is 0 Å². The van der Waals surface area contributed by atoms with Crippen molar-refractivity contribution in [2.45, 2.75) is 25.6 Å². The molecule has 0 amide bonds. The molecule has 0 aliphatic rings. The number of benzene rings is 1. The van der Waals surface area contributed by atoms with E-state index in [4.69, 9.17) is 9.47 Å². The molecular weight excluding hydrogens is 211 g/mol. The lowest BCUT2D eigenvalue weighted by Crippen LogP contribution is -2.36. The van der Waals surface area contributed by atoms with Gasteiger partial charge in [0.15, 0.2) is 0 Å². The number of hydrogen-bond donors (Lipinski definition) is 1. The van der Waals surface area contributed by atoms with Crippen molar-refractivity contribution in [1.82, 2.24) is 0 Å². The molecule has 90 valence electrons. The highest BCUT2D eigenvalue weighted by atomic mass is 19.1. The minimum absolute atomic E-state index is 0.197. The van der Waals surface area contributed by atoms with Crippen LogP contribution in [0.25, 0.3) is 0 Å². The van der Waals surface area contributed by atoms with E-state index in [0.717, 1.165) is 0 Å². The van der Waals surface area contributed by atoms with Gasteiger partial charge in [0.05, 0.1) is 13.2 Å². The Kier molecular flexibility index (Phi) is 3.88. The lowest BCUT2D eigenvalue weighted by atomic mass is 9.90. The van der Waals surface area contributed by atoms with Crippen LogP contribution in [0.3, 0.4) is 0 Å². The summed E-state index contributed by atoms with van der Waals surface area (Å²) in [4.78, 5) is 0. The molecule has 0 spiro atoms. The molecule has 0 heterocycles. The Morgan fingerprint density at radius 3 is 2.44 bits per heavy atom. The third kappa shape index (κ3) is 2.33. The quantitative estimate of drug-likeness (QED) is 0.857. The van der Waals surface area contributed by atoms with Crippen LogP contribution in [0, 0.1) is 5.82 Å². The van der Waals surface area contributed by atoms with Crippen molar-refractivity contribution in [2.75, 3.05) is 14.2 Å². The summed E-state index contributed by atoms with van der Waals surface area (Å²) in [7, 11) is 2.94. The minimum Gasteiger partial charge on any atom is -0.497 e. The largest absolute Gasteiger partial charge is 0.497 e. The highest BCUT2D eigenvalue weighted by molar-refractivity contribution is 5.32. The van der Waals surface area contributed by atoms with Gasteiger partial charge in [0.25, 0.3) is 0 Å². The standard InChI is InChI=1S/C12H17FO3/c1-8(15-3)12(2,14)10-6-5-9(16-4)7-11(10)13/h5-8,14H,1-4H3. The van der Waals surface area contributed by atoms with Gasteiger partial charge in [0, 0.05) is 18.7 Å². The predicted molar refractivity (Wildman–Crippen MR) is 59.0 cm³/mol. The van der Waals surface area contributed by atoms with E-state index in [1.807, 2.05) is 0 Å². The van der Waals surface area contributed by atoms with Crippen LogP contribution in [0.5, 0.6) is 5.75 Å². The van der Waals surface area contributed by atoms with Crippen LogP contribution < -0.4 is 4.74 Å². The van der Waals surface area contributed by atoms with Crippen LogP contribution in [0.15, 0.2) is 18.2 Å². The zero-order valence-electron chi connectivity index (χ0n) is 9.95. The Balaban J connectivity index is 3.13. The molecule has 1 N–H and O–H groups in total. The van der Waals surface area contributed by atoms with Crippen LogP contribution >= 0.6 is 0 Å². The van der Waals surface area contributed by atoms with E-state index in [9.17, 15) is 9.50 Å². The third-order valence-corrected chi connectivity index (χ3v) is 2.87. The lowest BCUT2D eigenvalue weighted by molar-refractivity contribution is -0.0791. The third-order valence-electron chi connectivity index (χ3n) is 2.87. The predicted octanol–water partition coefficient (Wildman–Crippen LogP) is 2.08. The molecular formula is C12H17FO3. The number of methoxy groups -OCH3 is 2. The smallest absolute Gasteiger partial charge is 0.133 e. The fourth-order valence-electron chi connectivity index (χ4n) is 1.48. The van der Waals surface area contributed by atoms with Gasteiger partial charge in [-0.05, 0) is 26.0 Å². The average Bonchev–Trinajstić information content (AvgIpc) is 2.27. The summed E-state index contributed by atoms with van der Waals surface area (Å²) in [6.07, 6.45) is -0.504. The van der Waals surface area contributed by atoms with Gasteiger partial charge in [-0.3, -0.25) is 0 Å². The Morgan fingerprint density at radius 2 is 2.00 bits per heavy atom. The summed E-state index contributed by atoms with van der Waals surface area (Å²) in [5, 5.41) is 10.2. The zero-order valence-corrected chi connectivity index (χ0v) is 9.95. The van der Waals surface area contributed by atoms with Crippen molar-refractivity contribution in [3.05, 3.63) is 29.6 Å². The van der Waals surface area contributed by atoms with E-state index in [2.05, 4.69) is 0 Å². The molecule has 0 aliphatic heterocycles. The van der Waals surface area contributed by atoms with Crippen molar-refractivity contribution in [3.8, 4) is 5.75 Å². The van der Waals surface area contributed by atoms with Crippen LogP contribution in [-0.4, -0.2) is 25.4 Å². The number of ether oxygens (including phenoxy) is 2. The van der Waals surface area contributed by atoms with Gasteiger partial charge in [0.1, 0.15) is 17.2 Å². The minimum atomic E-state index is -1.37. The molecule has 0 fully saturated rings. The summed E-state index contributed by atoms with van der Waals surface area (Å²) < 4.78 is 23.7. The van der Waals surface area contributed by atoms with E-state index in [1.165, 1.54) is 33.3 Å². The van der Waals surface area contributed by atoms with Crippen molar-refractivity contribution >= 4 is 0 Å². The van der Waals surface area contributed by atoms with Gasteiger partial charge in [0.2, 0.25) is 0 Å². The molecule has 0 radical (unpaired) electrons. The highest BCUT2D eigenvalue weighted by Gasteiger charge is 2.33. The maximum atomic E-state index is 13.7. The van der Waals surface area contributed by atoms with Crippen LogP contribution in [0.4, 0.5) is 4.39 Å². The molecule has 1 aromatic rings. The van der Waals surface area contributed by atoms with Crippen molar-refractivity contribution in [3.63, 3.8) is 0 Å². The molecule has 0 bridgehead atoms. The van der Waals surface area contributed by atoms with Gasteiger partial charge >= 0.3 is 0 Å². The second-order valence-corrected chi connectivity index (χ2v) is 3.87. The first kappa shape index (κ1) is 12.9. The van der Waals surface area contributed by atoms with E-state index in [0.29, 0.717) is 5.75 Å². The highest BCUT2D eigenvalue weighted by Crippen LogP contribution is 2.30. The molecule has 3 nitrogen and oxygen atoms in total. The SMILES string of the molecule is COc1ccc(C(C)(O)C(C)OC)c(F)c1. The first-order valence-corrected chi connectivity index (χ1v) is 5.02. The summed E-state index contributed by atoms with van der Waals surface area (Å²) in [6, 6.07) is 4.35. The second-order valence-electron chi connectivity index (χ2n) is 3.87. The molecule has 2 unspecified atom stereocenters. The van der Waals surface area contributed by atoms with E-state index in [1.54, 1.807) is 13.0 Å². The first-order chi connectivity index (χ1) is 7.43. The first-order valence-electron chi connectivity index (χ1n) is 5.02. The van der Waals surface area contributed by atoms with Gasteiger partial charge in [-0.25, -0.2) is 4.39 Å². The molecule has 0 aromatic heterocycles. The molecule has 0 saturated carbocycles. The Morgan fingerprint density at radius 1 is 1.38 bits per heavy atom. The number of rotatable bonds is 4. The molecule has 16 heavy (non-hydrogen) atoms. The van der Waals surface area contributed by atoms with Gasteiger partial charge in [-0.1, -0.05) is 0 Å². The molecule has 0 saturated heterocycles. The zero-order chi connectivity index (χ0) is 12.3. The fraction of sp³-hybridized carbons (Fsp3) is 0.500. The van der Waals surface area contributed by atoms with E-state index in [-0.39, 0.29) is 5.56 Å². The summed E-state index contributed by atoms with van der Waals surface area (Å²) in [6.45, 7) is 3.20. The maximum absolute atomic E-state index is 13.7. The van der Waals surface area contributed by atoms with Crippen molar-refractivity contribution in [2.24, 2.45) is 0 Å². The lowest BCUT2D eigenvalue weighted by Gasteiger charge is -2.30. The summed E-state index contributed by atoms with van der Waals surface area (Å²) in [5.41, 5.74) is -1.17. The molecule has 1 aromatic carbocycles. The topological polar surface area (TPSA) is 38.7 Å². The van der Waals surface area contributed by atoms with E-state index >= 15 is 0 Å². The van der Waals surface area contributed by atoms with Crippen molar-refractivity contribution < 1.29 is 19.0 Å². The molecule has 0 aliphatic carbocycles. The number of aliphatic hydroxyl groups is 1. The maximum Gasteiger partial charge on any atom is 0.133 e. The normalized spacial score (nSPS) is 16.6. The number of halogens is 1. The Labute approximate surface area is 94.8 Å². The van der Waals surface area contributed by atoms with Crippen LogP contribution in [0.1, 0.15) is 19.4 Å². The van der Waals surface area contributed by atoms with E-state index < -0.39 is 17.5 Å². The molecule has 2 atom stereocenters. The molecule has 4 heteroatoms. The number of hydrogen-bond acceptors (Lipinski definition) is 3. The average molecular weight is 228 g/mol. The monoisotopic (exact) mass is 228 g/mol. The summed E-state index contributed by atoms with van der Waals surface area (Å²) in [5.74, 6) is -0.0876. The van der Waals surface area contributed by atoms with Gasteiger partial charge in [-0.15, -0.1) is 0 Å². The summed E-state index contributed by atoms with van der Waals surface area (Å²) >= 11 is 0. The van der Waals surface area contributed by atoms with Crippen LogP contribution in [0.2, 0.25) is 0 Å². The second kappa shape index (κ2) is 4.80. The Bertz CT molecular complexity index is 363. The van der Waals surface area contributed by atoms with Crippen LogP contribution in [-0.2, 0) is 10.3 Å². The van der Waals surface area contributed by atoms with Gasteiger partial charge < -0.3 is 14.6 Å². The Hall–Kier alpha value is -1.13.